The first-order valence-electron chi connectivity index (χ1n) is 6.85. The number of esters is 1. The predicted octanol–water partition coefficient (Wildman–Crippen LogP) is 3.16. The van der Waals surface area contributed by atoms with Crippen molar-refractivity contribution in [3.63, 3.8) is 0 Å². The fraction of sp³-hybridized carbons (Fsp3) is 0.533. The molecule has 1 aromatic carbocycles. The van der Waals surface area contributed by atoms with Crippen LogP contribution >= 0.6 is 11.6 Å². The Kier molecular flexibility index (Phi) is 5.67. The first-order valence-corrected chi connectivity index (χ1v) is 7.22. The summed E-state index contributed by atoms with van der Waals surface area (Å²) in [6.45, 7) is 2.45. The first-order chi connectivity index (χ1) is 9.24. The van der Waals surface area contributed by atoms with Gasteiger partial charge in [-0.3, -0.25) is 4.79 Å². The molecule has 0 unspecified atom stereocenters. The third-order valence-electron chi connectivity index (χ3n) is 3.50. The summed E-state index contributed by atoms with van der Waals surface area (Å²) in [4.78, 5) is 11.7. The Labute approximate surface area is 119 Å². The van der Waals surface area contributed by atoms with E-state index in [2.05, 4.69) is 5.32 Å². The van der Waals surface area contributed by atoms with Crippen LogP contribution in [0.4, 0.5) is 0 Å². The van der Waals surface area contributed by atoms with Crippen LogP contribution in [0.1, 0.15) is 31.2 Å². The number of halogens is 1. The fourth-order valence-electron chi connectivity index (χ4n) is 2.36. The second-order valence-corrected chi connectivity index (χ2v) is 5.46. The maximum atomic E-state index is 11.7. The lowest BCUT2D eigenvalue weighted by Gasteiger charge is -2.21. The Hall–Kier alpha value is -1.06. The molecule has 19 heavy (non-hydrogen) atoms. The zero-order chi connectivity index (χ0) is 13.5. The smallest absolute Gasteiger partial charge is 0.306 e. The standard InChI is InChI=1S/C15H20ClNO2/c16-14-3-1-2-13(10-14)11-19-15(18)5-4-12-6-8-17-9-7-12/h1-3,10,12,17H,4-9,11H2. The molecule has 0 amide bonds. The van der Waals surface area contributed by atoms with Gasteiger partial charge in [-0.25, -0.2) is 0 Å². The van der Waals surface area contributed by atoms with E-state index in [9.17, 15) is 4.79 Å². The zero-order valence-corrected chi connectivity index (χ0v) is 11.8. The molecule has 2 rings (SSSR count). The van der Waals surface area contributed by atoms with Crippen LogP contribution in [-0.2, 0) is 16.1 Å². The molecule has 0 bridgehead atoms. The number of hydrogen-bond acceptors (Lipinski definition) is 3. The lowest BCUT2D eigenvalue weighted by atomic mass is 9.93. The third-order valence-corrected chi connectivity index (χ3v) is 3.74. The highest BCUT2D eigenvalue weighted by atomic mass is 35.5. The van der Waals surface area contributed by atoms with Gasteiger partial charge in [0.15, 0.2) is 0 Å². The Morgan fingerprint density at radius 2 is 2.16 bits per heavy atom. The number of benzene rings is 1. The molecule has 1 aliphatic heterocycles. The van der Waals surface area contributed by atoms with Gasteiger partial charge in [-0.05, 0) is 56.0 Å². The van der Waals surface area contributed by atoms with E-state index >= 15 is 0 Å². The van der Waals surface area contributed by atoms with Crippen molar-refractivity contribution in [1.29, 1.82) is 0 Å². The number of carbonyl (C=O) groups excluding carboxylic acids is 1. The van der Waals surface area contributed by atoms with Gasteiger partial charge < -0.3 is 10.1 Å². The molecule has 0 aliphatic carbocycles. The number of hydrogen-bond donors (Lipinski definition) is 1. The summed E-state index contributed by atoms with van der Waals surface area (Å²) in [6.07, 6.45) is 3.80. The summed E-state index contributed by atoms with van der Waals surface area (Å²) in [5.74, 6) is 0.554. The maximum absolute atomic E-state index is 11.7. The van der Waals surface area contributed by atoms with Crippen LogP contribution < -0.4 is 5.32 Å². The van der Waals surface area contributed by atoms with Crippen molar-refractivity contribution >= 4 is 17.6 Å². The van der Waals surface area contributed by atoms with Crippen molar-refractivity contribution in [1.82, 2.24) is 5.32 Å². The second-order valence-electron chi connectivity index (χ2n) is 5.02. The lowest BCUT2D eigenvalue weighted by molar-refractivity contribution is -0.145. The Morgan fingerprint density at radius 3 is 2.89 bits per heavy atom. The molecule has 104 valence electrons. The Bertz CT molecular complexity index is 416. The molecule has 1 saturated heterocycles. The summed E-state index contributed by atoms with van der Waals surface area (Å²) >= 11 is 5.88. The van der Waals surface area contributed by atoms with Crippen molar-refractivity contribution in [2.45, 2.75) is 32.3 Å². The average molecular weight is 282 g/mol. The average Bonchev–Trinajstić information content (AvgIpc) is 2.44. The summed E-state index contributed by atoms with van der Waals surface area (Å²) in [5.41, 5.74) is 0.933. The fourth-order valence-corrected chi connectivity index (χ4v) is 2.57. The van der Waals surface area contributed by atoms with Crippen LogP contribution in [0.25, 0.3) is 0 Å². The van der Waals surface area contributed by atoms with E-state index in [1.165, 1.54) is 12.8 Å². The molecule has 0 saturated carbocycles. The molecule has 1 aromatic rings. The van der Waals surface area contributed by atoms with E-state index in [-0.39, 0.29) is 5.97 Å². The minimum Gasteiger partial charge on any atom is -0.461 e. The highest BCUT2D eigenvalue weighted by Gasteiger charge is 2.14. The quantitative estimate of drug-likeness (QED) is 0.843. The van der Waals surface area contributed by atoms with E-state index in [0.29, 0.717) is 24.0 Å². The molecule has 0 atom stereocenters. The van der Waals surface area contributed by atoms with E-state index in [1.807, 2.05) is 24.3 Å². The van der Waals surface area contributed by atoms with Gasteiger partial charge in [0.25, 0.3) is 0 Å². The van der Waals surface area contributed by atoms with Crippen LogP contribution in [0.3, 0.4) is 0 Å². The van der Waals surface area contributed by atoms with E-state index in [0.717, 1.165) is 25.1 Å². The van der Waals surface area contributed by atoms with E-state index in [1.54, 1.807) is 0 Å². The maximum Gasteiger partial charge on any atom is 0.306 e. The lowest BCUT2D eigenvalue weighted by Crippen LogP contribution is -2.28. The van der Waals surface area contributed by atoms with Crippen molar-refractivity contribution in [2.24, 2.45) is 5.92 Å². The van der Waals surface area contributed by atoms with Crippen LogP contribution in [0.2, 0.25) is 5.02 Å². The summed E-state index contributed by atoms with van der Waals surface area (Å²) in [5, 5.41) is 4.00. The molecule has 0 radical (unpaired) electrons. The summed E-state index contributed by atoms with van der Waals surface area (Å²) in [7, 11) is 0. The SMILES string of the molecule is O=C(CCC1CCNCC1)OCc1cccc(Cl)c1. The number of rotatable bonds is 5. The monoisotopic (exact) mass is 281 g/mol. The number of carbonyl (C=O) groups is 1. The van der Waals surface area contributed by atoms with Gasteiger partial charge in [0.1, 0.15) is 6.61 Å². The minimum atomic E-state index is -0.112. The van der Waals surface area contributed by atoms with Gasteiger partial charge in [0.2, 0.25) is 0 Å². The minimum absolute atomic E-state index is 0.112. The molecule has 0 spiro atoms. The number of nitrogens with one attached hydrogen (secondary N) is 1. The van der Waals surface area contributed by atoms with Crippen molar-refractivity contribution in [3.8, 4) is 0 Å². The molecule has 1 fully saturated rings. The van der Waals surface area contributed by atoms with E-state index < -0.39 is 0 Å². The Morgan fingerprint density at radius 1 is 1.37 bits per heavy atom. The zero-order valence-electron chi connectivity index (χ0n) is 11.0. The molecule has 1 N–H and O–H groups in total. The van der Waals surface area contributed by atoms with Crippen LogP contribution in [0.5, 0.6) is 0 Å². The predicted molar refractivity (Wildman–Crippen MR) is 76.1 cm³/mol. The topological polar surface area (TPSA) is 38.3 Å². The van der Waals surface area contributed by atoms with Gasteiger partial charge in [-0.15, -0.1) is 0 Å². The van der Waals surface area contributed by atoms with E-state index in [4.69, 9.17) is 16.3 Å². The van der Waals surface area contributed by atoms with Gasteiger partial charge in [0, 0.05) is 11.4 Å². The van der Waals surface area contributed by atoms with Gasteiger partial charge in [0.05, 0.1) is 0 Å². The molecular weight excluding hydrogens is 262 g/mol. The van der Waals surface area contributed by atoms with Crippen LogP contribution in [0, 0.1) is 5.92 Å². The Balaban J connectivity index is 1.66. The number of ether oxygens (including phenoxy) is 1. The van der Waals surface area contributed by atoms with Crippen LogP contribution in [0.15, 0.2) is 24.3 Å². The first kappa shape index (κ1) is 14.4. The molecule has 1 aliphatic rings. The second kappa shape index (κ2) is 7.51. The molecule has 1 heterocycles. The molecule has 0 aromatic heterocycles. The van der Waals surface area contributed by atoms with Crippen molar-refractivity contribution in [2.75, 3.05) is 13.1 Å². The molecule has 3 nitrogen and oxygen atoms in total. The molecular formula is C15H20ClNO2. The van der Waals surface area contributed by atoms with Crippen molar-refractivity contribution < 1.29 is 9.53 Å². The highest BCUT2D eigenvalue weighted by molar-refractivity contribution is 6.30. The largest absolute Gasteiger partial charge is 0.461 e. The van der Waals surface area contributed by atoms with Crippen LogP contribution in [-0.4, -0.2) is 19.1 Å². The number of piperidine rings is 1. The summed E-state index contributed by atoms with van der Waals surface area (Å²) in [6, 6.07) is 7.40. The normalized spacial score (nSPS) is 16.3. The highest BCUT2D eigenvalue weighted by Crippen LogP contribution is 2.18. The van der Waals surface area contributed by atoms with Gasteiger partial charge >= 0.3 is 5.97 Å². The van der Waals surface area contributed by atoms with Crippen molar-refractivity contribution in [3.05, 3.63) is 34.9 Å². The van der Waals surface area contributed by atoms with Gasteiger partial charge in [-0.1, -0.05) is 23.7 Å². The third kappa shape index (κ3) is 5.21. The van der Waals surface area contributed by atoms with Gasteiger partial charge in [-0.2, -0.15) is 0 Å². The molecule has 4 heteroatoms. The summed E-state index contributed by atoms with van der Waals surface area (Å²) < 4.78 is 5.26.